The number of aryl methyl sites for hydroxylation is 2. The van der Waals surface area contributed by atoms with Crippen LogP contribution in [0.5, 0.6) is 0 Å². The fourth-order valence-electron chi connectivity index (χ4n) is 4.77. The molecule has 0 radical (unpaired) electrons. The van der Waals surface area contributed by atoms with Gasteiger partial charge in [0.05, 0.1) is 11.7 Å². The number of H-pyrrole nitrogens is 1. The Labute approximate surface area is 169 Å². The summed E-state index contributed by atoms with van der Waals surface area (Å²) in [5.74, 6) is -0.0272. The van der Waals surface area contributed by atoms with E-state index in [9.17, 15) is 9.59 Å². The minimum Gasteiger partial charge on any atom is -0.361 e. The molecule has 0 saturated heterocycles. The lowest BCUT2D eigenvalue weighted by molar-refractivity contribution is 0.0921. The van der Waals surface area contributed by atoms with E-state index in [4.69, 9.17) is 5.10 Å². The molecule has 0 unspecified atom stereocenters. The fourth-order valence-corrected chi connectivity index (χ4v) is 4.77. The minimum absolute atomic E-state index is 0.0259. The van der Waals surface area contributed by atoms with Crippen LogP contribution >= 0.6 is 0 Å². The molecule has 2 aliphatic rings. The molecule has 150 valence electrons. The summed E-state index contributed by atoms with van der Waals surface area (Å²) < 4.78 is 1.71. The molecule has 3 aromatic rings. The molecule has 2 aromatic heterocycles. The number of nitrogens with one attached hydrogen (secondary N) is 2. The first-order chi connectivity index (χ1) is 14.2. The number of fused-ring (bicyclic) bond motifs is 2. The van der Waals surface area contributed by atoms with E-state index in [0.717, 1.165) is 73.5 Å². The summed E-state index contributed by atoms with van der Waals surface area (Å²) in [6, 6.07) is 9.77. The van der Waals surface area contributed by atoms with E-state index < -0.39 is 0 Å². The smallest absolute Gasteiger partial charge is 0.267 e. The second-order valence-electron chi connectivity index (χ2n) is 8.36. The first-order valence-corrected chi connectivity index (χ1v) is 10.7. The van der Waals surface area contributed by atoms with Crippen LogP contribution in [0.4, 0.5) is 0 Å². The van der Waals surface area contributed by atoms with Gasteiger partial charge in [-0.2, -0.15) is 5.10 Å². The molecule has 0 spiro atoms. The molecule has 29 heavy (non-hydrogen) atoms. The molecule has 1 saturated carbocycles. The van der Waals surface area contributed by atoms with Crippen molar-refractivity contribution < 1.29 is 4.79 Å². The molecule has 2 heterocycles. The van der Waals surface area contributed by atoms with Gasteiger partial charge in [-0.1, -0.05) is 0 Å². The summed E-state index contributed by atoms with van der Waals surface area (Å²) in [5, 5.41) is 8.92. The van der Waals surface area contributed by atoms with Crippen LogP contribution in [0.1, 0.15) is 66.2 Å². The van der Waals surface area contributed by atoms with Crippen LogP contribution in [0.2, 0.25) is 0 Å². The normalized spacial score (nSPS) is 21.7. The molecular formula is C23H26N4O2. The van der Waals surface area contributed by atoms with Crippen molar-refractivity contribution >= 4 is 16.8 Å². The zero-order valence-electron chi connectivity index (χ0n) is 16.5. The monoisotopic (exact) mass is 390 g/mol. The van der Waals surface area contributed by atoms with Crippen molar-refractivity contribution in [3.8, 4) is 0 Å². The van der Waals surface area contributed by atoms with Crippen molar-refractivity contribution in [3.05, 3.63) is 63.7 Å². The number of carbonyl (C=O) groups excluding carboxylic acids is 1. The molecule has 0 atom stereocenters. The predicted molar refractivity (Wildman–Crippen MR) is 112 cm³/mol. The van der Waals surface area contributed by atoms with Gasteiger partial charge >= 0.3 is 0 Å². The topological polar surface area (TPSA) is 79.8 Å². The van der Waals surface area contributed by atoms with Crippen LogP contribution in [-0.4, -0.2) is 26.7 Å². The maximum atomic E-state index is 12.7. The maximum absolute atomic E-state index is 12.7. The van der Waals surface area contributed by atoms with Gasteiger partial charge in [-0.3, -0.25) is 9.59 Å². The first kappa shape index (κ1) is 18.2. The molecule has 0 aliphatic heterocycles. The number of benzene rings is 1. The second-order valence-corrected chi connectivity index (χ2v) is 8.36. The number of hydrogen-bond acceptors (Lipinski definition) is 3. The Morgan fingerprint density at radius 1 is 1.07 bits per heavy atom. The molecule has 0 bridgehead atoms. The van der Waals surface area contributed by atoms with Gasteiger partial charge in [0.2, 0.25) is 0 Å². The zero-order valence-corrected chi connectivity index (χ0v) is 16.5. The van der Waals surface area contributed by atoms with E-state index in [1.165, 1.54) is 0 Å². The molecule has 1 amide bonds. The van der Waals surface area contributed by atoms with Crippen LogP contribution in [0, 0.1) is 0 Å². The molecule has 6 heteroatoms. The summed E-state index contributed by atoms with van der Waals surface area (Å²) in [7, 11) is 0. The average molecular weight is 390 g/mol. The number of rotatable bonds is 3. The van der Waals surface area contributed by atoms with Gasteiger partial charge in [-0.25, -0.2) is 4.68 Å². The highest BCUT2D eigenvalue weighted by Gasteiger charge is 2.26. The first-order valence-electron chi connectivity index (χ1n) is 10.7. The lowest BCUT2D eigenvalue weighted by atomic mass is 9.90. The third-order valence-electron chi connectivity index (χ3n) is 6.43. The van der Waals surface area contributed by atoms with Crippen molar-refractivity contribution in [1.82, 2.24) is 20.1 Å². The van der Waals surface area contributed by atoms with Gasteiger partial charge in [0.25, 0.3) is 11.5 Å². The lowest BCUT2D eigenvalue weighted by Gasteiger charge is -2.30. The van der Waals surface area contributed by atoms with E-state index >= 15 is 0 Å². The third kappa shape index (κ3) is 3.59. The van der Waals surface area contributed by atoms with E-state index in [-0.39, 0.29) is 23.6 Å². The average Bonchev–Trinajstić information content (AvgIpc) is 3.22. The Morgan fingerprint density at radius 3 is 2.76 bits per heavy atom. The summed E-state index contributed by atoms with van der Waals surface area (Å²) in [6.07, 6.45) is 9.62. The third-order valence-corrected chi connectivity index (χ3v) is 6.43. The van der Waals surface area contributed by atoms with Crippen LogP contribution in [0.25, 0.3) is 10.9 Å². The highest BCUT2D eigenvalue weighted by atomic mass is 16.1. The SMILES string of the molecule is O=C(NC1CCC(n2nc3c(cc2=O)CCCC3)CC1)c1ccc2[nH]ccc2c1. The van der Waals surface area contributed by atoms with Crippen LogP contribution in [0.15, 0.2) is 41.3 Å². The predicted octanol–water partition coefficient (Wildman–Crippen LogP) is 3.52. The Balaban J connectivity index is 1.23. The quantitative estimate of drug-likeness (QED) is 0.718. The standard InChI is InChI=1S/C23H26N4O2/c28-22-14-15-3-1-2-4-21(15)26-27(22)19-8-6-18(7-9-19)25-23(29)17-5-10-20-16(13-17)11-12-24-20/h5,10-14,18-19,24H,1-4,6-9H2,(H,25,29). The van der Waals surface area contributed by atoms with Gasteiger partial charge in [-0.05, 0) is 81.2 Å². The number of amides is 1. The Kier molecular flexibility index (Phi) is 4.70. The van der Waals surface area contributed by atoms with E-state index in [0.29, 0.717) is 5.56 Å². The second kappa shape index (κ2) is 7.50. The summed E-state index contributed by atoms with van der Waals surface area (Å²) in [6.45, 7) is 0. The number of aromatic amines is 1. The molecule has 2 N–H and O–H groups in total. The number of nitrogens with zero attached hydrogens (tertiary/aromatic N) is 2. The molecule has 6 nitrogen and oxygen atoms in total. The Hall–Kier alpha value is -2.89. The van der Waals surface area contributed by atoms with E-state index in [2.05, 4.69) is 10.3 Å². The number of carbonyl (C=O) groups is 1. The highest BCUT2D eigenvalue weighted by Crippen LogP contribution is 2.28. The van der Waals surface area contributed by atoms with Gasteiger partial charge in [-0.15, -0.1) is 0 Å². The summed E-state index contributed by atoms with van der Waals surface area (Å²) >= 11 is 0. The molecule has 1 aromatic carbocycles. The highest BCUT2D eigenvalue weighted by molar-refractivity contribution is 5.98. The van der Waals surface area contributed by atoms with Crippen LogP contribution < -0.4 is 10.9 Å². The maximum Gasteiger partial charge on any atom is 0.267 e. The van der Waals surface area contributed by atoms with Crippen molar-refractivity contribution in [1.29, 1.82) is 0 Å². The minimum atomic E-state index is -0.0272. The summed E-state index contributed by atoms with van der Waals surface area (Å²) in [4.78, 5) is 28.3. The van der Waals surface area contributed by atoms with Crippen molar-refractivity contribution in [2.45, 2.75) is 63.5 Å². The number of aromatic nitrogens is 3. The van der Waals surface area contributed by atoms with Crippen LogP contribution in [0.3, 0.4) is 0 Å². The van der Waals surface area contributed by atoms with E-state index in [1.807, 2.05) is 30.5 Å². The largest absolute Gasteiger partial charge is 0.361 e. The molecular weight excluding hydrogens is 364 g/mol. The van der Waals surface area contributed by atoms with Gasteiger partial charge < -0.3 is 10.3 Å². The zero-order chi connectivity index (χ0) is 19.8. The molecule has 1 fully saturated rings. The van der Waals surface area contributed by atoms with E-state index in [1.54, 1.807) is 10.7 Å². The van der Waals surface area contributed by atoms with Crippen LogP contribution in [-0.2, 0) is 12.8 Å². The van der Waals surface area contributed by atoms with Crippen molar-refractivity contribution in [2.24, 2.45) is 0 Å². The number of hydrogen-bond donors (Lipinski definition) is 2. The van der Waals surface area contributed by atoms with Gasteiger partial charge in [0.1, 0.15) is 0 Å². The molecule has 5 rings (SSSR count). The summed E-state index contributed by atoms with van der Waals surface area (Å²) in [5.41, 5.74) is 3.99. The van der Waals surface area contributed by atoms with Gasteiger partial charge in [0, 0.05) is 34.8 Å². The fraction of sp³-hybridized carbons (Fsp3) is 0.435. The Morgan fingerprint density at radius 2 is 1.90 bits per heavy atom. The lowest BCUT2D eigenvalue weighted by Crippen LogP contribution is -2.40. The Bertz CT molecular complexity index is 1110. The van der Waals surface area contributed by atoms with Crippen molar-refractivity contribution in [3.63, 3.8) is 0 Å². The molecule has 2 aliphatic carbocycles. The van der Waals surface area contributed by atoms with Gasteiger partial charge in [0.15, 0.2) is 0 Å². The van der Waals surface area contributed by atoms with Crippen molar-refractivity contribution in [2.75, 3.05) is 0 Å².